The molecule has 0 aliphatic rings. The summed E-state index contributed by atoms with van der Waals surface area (Å²) < 4.78 is 22.3. The second-order valence-corrected chi connectivity index (χ2v) is 5.47. The fourth-order valence-corrected chi connectivity index (χ4v) is 1.99. The number of nitrogens with two attached hydrogens (primary N) is 1. The van der Waals surface area contributed by atoms with Crippen LogP contribution in [0.15, 0.2) is 23.1 Å². The number of hydrogen-bond acceptors (Lipinski definition) is 6. The molecule has 0 unspecified atom stereocenters. The van der Waals surface area contributed by atoms with Crippen molar-refractivity contribution < 1.29 is 18.4 Å². The predicted molar refractivity (Wildman–Crippen MR) is 69.3 cm³/mol. The molecule has 0 fully saturated rings. The molecule has 106 valence electrons. The van der Waals surface area contributed by atoms with Crippen molar-refractivity contribution in [3.63, 3.8) is 0 Å². The Morgan fingerprint density at radius 1 is 1.53 bits per heavy atom. The molecule has 8 nitrogen and oxygen atoms in total. The number of rotatable bonds is 6. The minimum atomic E-state index is -4.00. The molecule has 0 aliphatic carbocycles. The third-order valence-corrected chi connectivity index (χ3v) is 3.48. The molecule has 0 saturated heterocycles. The molecule has 0 heterocycles. The van der Waals surface area contributed by atoms with Crippen LogP contribution in [0.5, 0.6) is 0 Å². The van der Waals surface area contributed by atoms with Gasteiger partial charge in [-0.1, -0.05) is 6.92 Å². The van der Waals surface area contributed by atoms with Gasteiger partial charge in [-0.2, -0.15) is 0 Å². The van der Waals surface area contributed by atoms with Crippen molar-refractivity contribution in [1.82, 2.24) is 0 Å². The number of aliphatic hydroxyl groups is 1. The minimum Gasteiger partial charge on any atom is -0.394 e. The average Bonchev–Trinajstić information content (AvgIpc) is 2.34. The van der Waals surface area contributed by atoms with Gasteiger partial charge >= 0.3 is 0 Å². The standard InChI is InChI=1S/C10H15N3O5S/c1-2-7(6-14)12-9-4-3-8(19(11,17)18)5-10(9)13(15)16/h3-5,7,12,14H,2,6H2,1H3,(H2,11,17,18)/t7-/m0/s1. The number of nitro benzene ring substituents is 1. The quantitative estimate of drug-likeness (QED) is 0.513. The molecule has 0 bridgehead atoms. The lowest BCUT2D eigenvalue weighted by atomic mass is 10.2. The van der Waals surface area contributed by atoms with Crippen LogP contribution >= 0.6 is 0 Å². The lowest BCUT2D eigenvalue weighted by molar-refractivity contribution is -0.384. The first kappa shape index (κ1) is 15.3. The van der Waals surface area contributed by atoms with Crippen LogP contribution in [0.1, 0.15) is 13.3 Å². The monoisotopic (exact) mass is 289 g/mol. The summed E-state index contributed by atoms with van der Waals surface area (Å²) >= 11 is 0. The summed E-state index contributed by atoms with van der Waals surface area (Å²) in [4.78, 5) is 9.89. The zero-order valence-corrected chi connectivity index (χ0v) is 11.1. The maximum absolute atomic E-state index is 11.1. The Bertz CT molecular complexity index is 569. The third-order valence-electron chi connectivity index (χ3n) is 2.57. The fraction of sp³-hybridized carbons (Fsp3) is 0.400. The Kier molecular flexibility index (Phi) is 4.81. The Morgan fingerprint density at radius 2 is 2.16 bits per heavy atom. The summed E-state index contributed by atoms with van der Waals surface area (Å²) in [5, 5.41) is 27.7. The Labute approximate surface area is 110 Å². The van der Waals surface area contributed by atoms with Gasteiger partial charge in [-0.3, -0.25) is 10.1 Å². The van der Waals surface area contributed by atoms with E-state index in [1.807, 2.05) is 0 Å². The van der Waals surface area contributed by atoms with Crippen LogP contribution in [0, 0.1) is 10.1 Å². The number of benzene rings is 1. The van der Waals surface area contributed by atoms with Crippen molar-refractivity contribution in [3.8, 4) is 0 Å². The van der Waals surface area contributed by atoms with Gasteiger partial charge in [0.25, 0.3) is 5.69 Å². The summed E-state index contributed by atoms with van der Waals surface area (Å²) in [6.45, 7) is 1.61. The number of sulfonamides is 1. The molecule has 0 saturated carbocycles. The number of nitrogens with one attached hydrogen (secondary N) is 1. The maximum atomic E-state index is 11.1. The first-order chi connectivity index (χ1) is 8.79. The van der Waals surface area contributed by atoms with E-state index >= 15 is 0 Å². The van der Waals surface area contributed by atoms with E-state index in [1.165, 1.54) is 12.1 Å². The number of hydrogen-bond donors (Lipinski definition) is 3. The van der Waals surface area contributed by atoms with Crippen molar-refractivity contribution in [3.05, 3.63) is 28.3 Å². The molecule has 1 aromatic rings. The highest BCUT2D eigenvalue weighted by molar-refractivity contribution is 7.89. The van der Waals surface area contributed by atoms with Crippen LogP contribution in [-0.2, 0) is 10.0 Å². The van der Waals surface area contributed by atoms with Crippen LogP contribution in [0.4, 0.5) is 11.4 Å². The molecule has 19 heavy (non-hydrogen) atoms. The topological polar surface area (TPSA) is 136 Å². The highest BCUT2D eigenvalue weighted by Gasteiger charge is 2.20. The molecule has 1 rings (SSSR count). The van der Waals surface area contributed by atoms with E-state index in [1.54, 1.807) is 6.92 Å². The van der Waals surface area contributed by atoms with Crippen LogP contribution in [0.25, 0.3) is 0 Å². The molecular weight excluding hydrogens is 274 g/mol. The van der Waals surface area contributed by atoms with Crippen molar-refractivity contribution in [1.29, 1.82) is 0 Å². The summed E-state index contributed by atoms with van der Waals surface area (Å²) in [7, 11) is -4.00. The normalized spacial score (nSPS) is 13.0. The predicted octanol–water partition coefficient (Wildman–Crippen LogP) is 0.425. The Morgan fingerprint density at radius 3 is 2.58 bits per heavy atom. The number of nitro groups is 1. The van der Waals surface area contributed by atoms with E-state index in [0.717, 1.165) is 6.07 Å². The van der Waals surface area contributed by atoms with Gasteiger partial charge in [-0.25, -0.2) is 13.6 Å². The van der Waals surface area contributed by atoms with Crippen molar-refractivity contribution in [2.24, 2.45) is 5.14 Å². The van der Waals surface area contributed by atoms with E-state index in [0.29, 0.717) is 6.42 Å². The molecule has 0 amide bonds. The number of aliphatic hydroxyl groups excluding tert-OH is 1. The lowest BCUT2D eigenvalue weighted by Crippen LogP contribution is -2.23. The maximum Gasteiger partial charge on any atom is 0.293 e. The number of nitrogens with zero attached hydrogens (tertiary/aromatic N) is 1. The molecule has 0 radical (unpaired) electrons. The van der Waals surface area contributed by atoms with Gasteiger partial charge in [0.05, 0.1) is 16.4 Å². The summed E-state index contributed by atoms with van der Waals surface area (Å²) in [6, 6.07) is 2.98. The highest BCUT2D eigenvalue weighted by Crippen LogP contribution is 2.27. The van der Waals surface area contributed by atoms with Crippen molar-refractivity contribution in [2.45, 2.75) is 24.3 Å². The van der Waals surface area contributed by atoms with E-state index < -0.39 is 20.6 Å². The van der Waals surface area contributed by atoms with Crippen LogP contribution < -0.4 is 10.5 Å². The van der Waals surface area contributed by atoms with Crippen LogP contribution in [0.2, 0.25) is 0 Å². The van der Waals surface area contributed by atoms with Gasteiger partial charge < -0.3 is 10.4 Å². The van der Waals surface area contributed by atoms with Gasteiger partial charge in [0.1, 0.15) is 5.69 Å². The van der Waals surface area contributed by atoms with E-state index in [-0.39, 0.29) is 23.2 Å². The minimum absolute atomic E-state index is 0.137. The Balaban J connectivity index is 3.23. The molecule has 0 aliphatic heterocycles. The first-order valence-electron chi connectivity index (χ1n) is 5.48. The SMILES string of the molecule is CC[C@@H](CO)Nc1ccc(S(N)(=O)=O)cc1[N+](=O)[O-]. The van der Waals surface area contributed by atoms with Crippen LogP contribution in [0.3, 0.4) is 0 Å². The van der Waals surface area contributed by atoms with Crippen molar-refractivity contribution in [2.75, 3.05) is 11.9 Å². The third kappa shape index (κ3) is 3.88. The first-order valence-corrected chi connectivity index (χ1v) is 7.02. The summed E-state index contributed by atoms with van der Waals surface area (Å²) in [5.74, 6) is 0. The second-order valence-electron chi connectivity index (χ2n) is 3.91. The van der Waals surface area contributed by atoms with Gasteiger partial charge in [-0.05, 0) is 18.6 Å². The summed E-state index contributed by atoms with van der Waals surface area (Å²) in [5.41, 5.74) is -0.267. The van der Waals surface area contributed by atoms with Gasteiger partial charge in [0.15, 0.2) is 0 Å². The van der Waals surface area contributed by atoms with Crippen molar-refractivity contribution >= 4 is 21.4 Å². The van der Waals surface area contributed by atoms with Gasteiger partial charge in [0.2, 0.25) is 10.0 Å². The van der Waals surface area contributed by atoms with Gasteiger partial charge in [0, 0.05) is 12.1 Å². The van der Waals surface area contributed by atoms with E-state index in [2.05, 4.69) is 5.32 Å². The molecule has 4 N–H and O–H groups in total. The molecule has 0 spiro atoms. The zero-order chi connectivity index (χ0) is 14.6. The van der Waals surface area contributed by atoms with Crippen LogP contribution in [-0.4, -0.2) is 31.1 Å². The summed E-state index contributed by atoms with van der Waals surface area (Å²) in [6.07, 6.45) is 0.560. The average molecular weight is 289 g/mol. The lowest BCUT2D eigenvalue weighted by Gasteiger charge is -2.15. The molecule has 0 aromatic heterocycles. The molecule has 1 atom stereocenters. The highest BCUT2D eigenvalue weighted by atomic mass is 32.2. The zero-order valence-electron chi connectivity index (χ0n) is 10.2. The molecule has 9 heteroatoms. The smallest absolute Gasteiger partial charge is 0.293 e. The largest absolute Gasteiger partial charge is 0.394 e. The molecular formula is C10H15N3O5S. The fourth-order valence-electron chi connectivity index (χ4n) is 1.46. The molecule has 1 aromatic carbocycles. The van der Waals surface area contributed by atoms with E-state index in [9.17, 15) is 18.5 Å². The second kappa shape index (κ2) is 5.95. The number of anilines is 1. The van der Waals surface area contributed by atoms with Gasteiger partial charge in [-0.15, -0.1) is 0 Å². The number of primary sulfonamides is 1. The van der Waals surface area contributed by atoms with E-state index in [4.69, 9.17) is 10.2 Å². The Hall–Kier alpha value is -1.71.